The van der Waals surface area contributed by atoms with Gasteiger partial charge in [0, 0.05) is 11.8 Å². The van der Waals surface area contributed by atoms with Crippen LogP contribution in [-0.4, -0.2) is 50.1 Å². The van der Waals surface area contributed by atoms with Gasteiger partial charge in [0.1, 0.15) is 5.78 Å². The van der Waals surface area contributed by atoms with Gasteiger partial charge in [-0.1, -0.05) is 34.6 Å². The van der Waals surface area contributed by atoms with Crippen LogP contribution in [0.3, 0.4) is 0 Å². The molecule has 0 heterocycles. The minimum absolute atomic E-state index is 0.125. The number of aliphatic hydroxyl groups is 4. The first-order chi connectivity index (χ1) is 14.8. The maximum Gasteiger partial charge on any atom is 0.143 e. The summed E-state index contributed by atoms with van der Waals surface area (Å²) >= 11 is 0. The third kappa shape index (κ3) is 2.86. The monoisotopic (exact) mass is 448 g/mol. The van der Waals surface area contributed by atoms with E-state index in [1.165, 1.54) is 0 Å². The molecule has 0 saturated heterocycles. The molecule has 0 bridgehead atoms. The van der Waals surface area contributed by atoms with Gasteiger partial charge in [-0.05, 0) is 85.4 Å². The van der Waals surface area contributed by atoms with Crippen LogP contribution in [0.4, 0.5) is 0 Å². The molecule has 5 rings (SSSR count). The molecule has 5 heteroatoms. The Morgan fingerprint density at radius 2 is 1.62 bits per heavy atom. The second kappa shape index (κ2) is 7.26. The predicted octanol–water partition coefficient (Wildman–Crippen LogP) is 3.17. The van der Waals surface area contributed by atoms with Crippen molar-refractivity contribution in [2.45, 2.75) is 103 Å². The largest absolute Gasteiger partial charge is 0.393 e. The normalized spacial score (nSPS) is 59.5. The van der Waals surface area contributed by atoms with Crippen LogP contribution in [0.15, 0.2) is 0 Å². The van der Waals surface area contributed by atoms with Crippen molar-refractivity contribution in [3.05, 3.63) is 0 Å². The molecular weight excluding hydrogens is 404 g/mol. The minimum atomic E-state index is -0.954. The maximum atomic E-state index is 14.2. The van der Waals surface area contributed by atoms with E-state index >= 15 is 0 Å². The van der Waals surface area contributed by atoms with Crippen LogP contribution >= 0.6 is 0 Å². The molecule has 5 nitrogen and oxygen atoms in total. The average molecular weight is 449 g/mol. The summed E-state index contributed by atoms with van der Waals surface area (Å²) in [5.41, 5.74) is -1.35. The first kappa shape index (κ1) is 23.3. The maximum absolute atomic E-state index is 14.2. The average Bonchev–Trinajstić information content (AvgIpc) is 3.10. The highest BCUT2D eigenvalue weighted by Gasteiger charge is 2.73. The zero-order valence-electron chi connectivity index (χ0n) is 20.5. The Kier molecular flexibility index (Phi) is 5.27. The zero-order valence-corrected chi connectivity index (χ0v) is 20.5. The molecule has 0 spiro atoms. The van der Waals surface area contributed by atoms with Crippen LogP contribution < -0.4 is 0 Å². The molecule has 32 heavy (non-hydrogen) atoms. The Bertz CT molecular complexity index is 782. The molecule has 5 aliphatic carbocycles. The number of aliphatic hydroxyl groups excluding tert-OH is 3. The first-order valence-electron chi connectivity index (χ1n) is 13.2. The van der Waals surface area contributed by atoms with Gasteiger partial charge in [0.15, 0.2) is 0 Å². The van der Waals surface area contributed by atoms with Crippen LogP contribution in [0.2, 0.25) is 0 Å². The quantitative estimate of drug-likeness (QED) is 0.520. The van der Waals surface area contributed by atoms with Crippen molar-refractivity contribution < 1.29 is 25.2 Å². The summed E-state index contributed by atoms with van der Waals surface area (Å²) in [7, 11) is 0. The molecule has 0 aromatic rings. The minimum Gasteiger partial charge on any atom is -0.393 e. The summed E-state index contributed by atoms with van der Waals surface area (Å²) in [5, 5.41) is 44.7. The lowest BCUT2D eigenvalue weighted by Gasteiger charge is -2.63. The van der Waals surface area contributed by atoms with Crippen molar-refractivity contribution in [2.24, 2.45) is 58.2 Å². The lowest BCUT2D eigenvalue weighted by Crippen LogP contribution is -2.65. The fourth-order valence-electron chi connectivity index (χ4n) is 10.4. The molecule has 5 fully saturated rings. The molecular formula is C27H44O5. The molecule has 13 atom stereocenters. The van der Waals surface area contributed by atoms with Crippen molar-refractivity contribution in [3.63, 3.8) is 0 Å². The van der Waals surface area contributed by atoms with Crippen molar-refractivity contribution in [2.75, 3.05) is 0 Å². The number of ketones is 1. The smallest absolute Gasteiger partial charge is 0.143 e. The first-order valence-corrected chi connectivity index (χ1v) is 13.2. The van der Waals surface area contributed by atoms with Gasteiger partial charge in [-0.2, -0.15) is 0 Å². The van der Waals surface area contributed by atoms with E-state index in [1.54, 1.807) is 0 Å². The van der Waals surface area contributed by atoms with E-state index in [2.05, 4.69) is 34.6 Å². The Morgan fingerprint density at radius 1 is 0.969 bits per heavy atom. The summed E-state index contributed by atoms with van der Waals surface area (Å²) < 4.78 is 0. The van der Waals surface area contributed by atoms with E-state index in [1.807, 2.05) is 0 Å². The van der Waals surface area contributed by atoms with E-state index in [9.17, 15) is 25.2 Å². The fraction of sp³-hybridized carbons (Fsp3) is 0.963. The number of rotatable bonds is 2. The fourth-order valence-corrected chi connectivity index (χ4v) is 10.4. The summed E-state index contributed by atoms with van der Waals surface area (Å²) in [6.07, 6.45) is 3.06. The predicted molar refractivity (Wildman–Crippen MR) is 121 cm³/mol. The summed E-state index contributed by atoms with van der Waals surface area (Å²) in [6, 6.07) is 0. The van der Waals surface area contributed by atoms with Crippen molar-refractivity contribution in [3.8, 4) is 0 Å². The Hall–Kier alpha value is -0.490. The molecule has 182 valence electrons. The van der Waals surface area contributed by atoms with Gasteiger partial charge in [-0.15, -0.1) is 0 Å². The molecule has 5 aliphatic rings. The molecule has 4 N–H and O–H groups in total. The van der Waals surface area contributed by atoms with E-state index in [0.717, 1.165) is 25.7 Å². The van der Waals surface area contributed by atoms with Crippen LogP contribution in [0.25, 0.3) is 0 Å². The molecule has 0 radical (unpaired) electrons. The number of hydrogen-bond donors (Lipinski definition) is 4. The van der Waals surface area contributed by atoms with Crippen molar-refractivity contribution in [1.29, 1.82) is 0 Å². The van der Waals surface area contributed by atoms with Gasteiger partial charge in [0.25, 0.3) is 0 Å². The highest BCUT2D eigenvalue weighted by Crippen LogP contribution is 2.71. The molecule has 0 amide bonds. The molecule has 0 unspecified atom stereocenters. The third-order valence-electron chi connectivity index (χ3n) is 11.3. The Labute approximate surface area is 193 Å². The molecule has 0 aromatic carbocycles. The van der Waals surface area contributed by atoms with Gasteiger partial charge in [-0.3, -0.25) is 4.79 Å². The molecule has 0 aliphatic heterocycles. The summed E-state index contributed by atoms with van der Waals surface area (Å²) in [4.78, 5) is 14.2. The Balaban J connectivity index is 1.56. The van der Waals surface area contributed by atoms with Crippen LogP contribution in [0, 0.1) is 58.2 Å². The van der Waals surface area contributed by atoms with Gasteiger partial charge in [-0.25, -0.2) is 0 Å². The van der Waals surface area contributed by atoms with E-state index in [0.29, 0.717) is 25.2 Å². The van der Waals surface area contributed by atoms with Crippen LogP contribution in [-0.2, 0) is 4.79 Å². The lowest BCUT2D eigenvalue weighted by atomic mass is 9.43. The zero-order chi connectivity index (χ0) is 23.4. The highest BCUT2D eigenvalue weighted by atomic mass is 16.3. The van der Waals surface area contributed by atoms with Crippen LogP contribution in [0.5, 0.6) is 0 Å². The Morgan fingerprint density at radius 3 is 2.28 bits per heavy atom. The highest BCUT2D eigenvalue weighted by molar-refractivity contribution is 5.89. The number of carbonyl (C=O) groups is 1. The van der Waals surface area contributed by atoms with Gasteiger partial charge in [0.05, 0.1) is 29.8 Å². The topological polar surface area (TPSA) is 98.0 Å². The number of carbonyl (C=O) groups excluding carboxylic acids is 1. The van der Waals surface area contributed by atoms with Gasteiger partial charge < -0.3 is 20.4 Å². The second-order valence-corrected chi connectivity index (χ2v) is 13.5. The van der Waals surface area contributed by atoms with Gasteiger partial charge >= 0.3 is 0 Å². The van der Waals surface area contributed by atoms with E-state index < -0.39 is 23.9 Å². The molecule has 5 saturated carbocycles. The van der Waals surface area contributed by atoms with E-state index in [4.69, 9.17) is 0 Å². The number of hydrogen-bond acceptors (Lipinski definition) is 5. The van der Waals surface area contributed by atoms with Crippen molar-refractivity contribution in [1.82, 2.24) is 0 Å². The van der Waals surface area contributed by atoms with Crippen molar-refractivity contribution >= 4 is 5.78 Å². The molecule has 0 aromatic heterocycles. The third-order valence-corrected chi connectivity index (χ3v) is 11.3. The number of Topliss-reactive ketones (excluding diaryl/α,β-unsaturated/α-hetero) is 1. The van der Waals surface area contributed by atoms with Crippen LogP contribution in [0.1, 0.15) is 79.6 Å². The summed E-state index contributed by atoms with van der Waals surface area (Å²) in [6.45, 7) is 10.9. The lowest BCUT2D eigenvalue weighted by molar-refractivity contribution is -0.221. The standard InChI is InChI=1S/C27H44O5/c1-13(2)11-27(32)12-14(3)19-21(27)24(31)20-18-16(7-9-26(19,20)5)25(4)8-6-15(28)10-17(25)22(29)23(18)30/h13-23,28-30,32H,6-12H2,1-5H3/t14-,15-,16+,17-,18-,19+,20-,21-,22-,23-,25-,26-,27-/m1/s1. The SMILES string of the molecule is CC(C)C[C@@]1(O)C[C@@H](C)[C@H]2[C@@H]1C(=O)[C@H]1[C@@H]3[C@@H](O)[C@H](O)[C@H]4C[C@H](O)CC[C@]4(C)[C@H]3CC[C@]21C. The van der Waals surface area contributed by atoms with Gasteiger partial charge in [0.2, 0.25) is 0 Å². The second-order valence-electron chi connectivity index (χ2n) is 13.5. The summed E-state index contributed by atoms with van der Waals surface area (Å²) in [5.74, 6) is 0.0388. The van der Waals surface area contributed by atoms with E-state index in [-0.39, 0.29) is 58.0 Å². The number of fused-ring (bicyclic) bond motifs is 7.